The summed E-state index contributed by atoms with van der Waals surface area (Å²) in [6.45, 7) is 1.94. The largest absolute Gasteiger partial charge is 0.283 e. The van der Waals surface area contributed by atoms with Crippen molar-refractivity contribution in [2.24, 2.45) is 0 Å². The Labute approximate surface area is 92.6 Å². The van der Waals surface area contributed by atoms with E-state index in [-0.39, 0.29) is 0 Å². The Kier molecular flexibility index (Phi) is 1.93. The Morgan fingerprint density at radius 3 is 2.62 bits per heavy atom. The van der Waals surface area contributed by atoms with Crippen LogP contribution in [0.25, 0.3) is 16.9 Å². The molecule has 2 aromatic heterocycles. The van der Waals surface area contributed by atoms with E-state index in [9.17, 15) is 0 Å². The molecule has 3 aromatic rings. The van der Waals surface area contributed by atoms with E-state index < -0.39 is 0 Å². The van der Waals surface area contributed by atoms with Gasteiger partial charge in [-0.2, -0.15) is 0 Å². The van der Waals surface area contributed by atoms with Crippen molar-refractivity contribution in [3.8, 4) is 5.69 Å². The van der Waals surface area contributed by atoms with Crippen LogP contribution < -0.4 is 0 Å². The average Bonchev–Trinajstić information content (AvgIpc) is 2.75. The van der Waals surface area contributed by atoms with Gasteiger partial charge in [0.15, 0.2) is 5.65 Å². The van der Waals surface area contributed by atoms with Crippen LogP contribution in [0.5, 0.6) is 0 Å². The van der Waals surface area contributed by atoms with E-state index in [2.05, 4.69) is 15.0 Å². The fourth-order valence-corrected chi connectivity index (χ4v) is 1.73. The molecule has 16 heavy (non-hydrogen) atoms. The first-order valence-corrected chi connectivity index (χ1v) is 5.06. The Morgan fingerprint density at radius 2 is 1.81 bits per heavy atom. The quantitative estimate of drug-likeness (QED) is 0.618. The molecule has 0 bridgehead atoms. The lowest BCUT2D eigenvalue weighted by atomic mass is 10.3. The topological polar surface area (TPSA) is 43.6 Å². The summed E-state index contributed by atoms with van der Waals surface area (Å²) in [5.41, 5.74) is 3.66. The SMILES string of the molecule is Cc1ncnc2c1ncn2-c1ccccc1. The number of hydrogen-bond donors (Lipinski definition) is 0. The number of hydrogen-bond acceptors (Lipinski definition) is 3. The zero-order valence-corrected chi connectivity index (χ0v) is 8.83. The van der Waals surface area contributed by atoms with Gasteiger partial charge >= 0.3 is 0 Å². The monoisotopic (exact) mass is 210 g/mol. The Hall–Kier alpha value is -2.23. The molecule has 0 radical (unpaired) electrons. The van der Waals surface area contributed by atoms with Crippen LogP contribution in [-0.2, 0) is 0 Å². The molecular weight excluding hydrogens is 200 g/mol. The molecule has 4 nitrogen and oxygen atoms in total. The molecule has 0 aliphatic heterocycles. The number of benzene rings is 1. The number of aromatic nitrogens is 4. The molecular formula is C12H10N4. The molecule has 0 fully saturated rings. The van der Waals surface area contributed by atoms with E-state index in [1.165, 1.54) is 0 Å². The lowest BCUT2D eigenvalue weighted by molar-refractivity contribution is 1.05. The van der Waals surface area contributed by atoms with Crippen molar-refractivity contribution >= 4 is 11.2 Å². The Balaban J connectivity index is 2.30. The Morgan fingerprint density at radius 1 is 1.00 bits per heavy atom. The fraction of sp³-hybridized carbons (Fsp3) is 0.0833. The predicted octanol–water partition coefficient (Wildman–Crippen LogP) is 2.12. The molecule has 0 aliphatic carbocycles. The zero-order chi connectivity index (χ0) is 11.0. The van der Waals surface area contributed by atoms with Gasteiger partial charge in [-0.3, -0.25) is 4.57 Å². The normalized spacial score (nSPS) is 10.8. The summed E-state index contributed by atoms with van der Waals surface area (Å²) in [5, 5.41) is 0. The number of imidazole rings is 1. The first kappa shape index (κ1) is 9.03. The molecule has 0 spiro atoms. The van der Waals surface area contributed by atoms with Crippen molar-refractivity contribution in [2.45, 2.75) is 6.92 Å². The summed E-state index contributed by atoms with van der Waals surface area (Å²) < 4.78 is 1.96. The second-order valence-corrected chi connectivity index (χ2v) is 3.58. The van der Waals surface area contributed by atoms with E-state index in [0.29, 0.717) is 0 Å². The van der Waals surface area contributed by atoms with Gasteiger partial charge in [0.25, 0.3) is 0 Å². The van der Waals surface area contributed by atoms with Crippen molar-refractivity contribution < 1.29 is 0 Å². The van der Waals surface area contributed by atoms with E-state index >= 15 is 0 Å². The van der Waals surface area contributed by atoms with Crippen molar-refractivity contribution in [2.75, 3.05) is 0 Å². The summed E-state index contributed by atoms with van der Waals surface area (Å²) in [6, 6.07) is 10.0. The van der Waals surface area contributed by atoms with Crippen LogP contribution in [0.2, 0.25) is 0 Å². The van der Waals surface area contributed by atoms with Crippen LogP contribution in [0.15, 0.2) is 43.0 Å². The number of para-hydroxylation sites is 1. The third-order valence-corrected chi connectivity index (χ3v) is 2.55. The Bertz CT molecular complexity index is 628. The average molecular weight is 210 g/mol. The third kappa shape index (κ3) is 1.27. The molecule has 0 amide bonds. The standard InChI is InChI=1S/C12H10N4/c1-9-11-12(14-7-13-9)16(8-15-11)10-5-3-2-4-6-10/h2-8H,1H3. The van der Waals surface area contributed by atoms with Gasteiger partial charge in [0.1, 0.15) is 18.2 Å². The van der Waals surface area contributed by atoms with Crippen LogP contribution in [0, 0.1) is 6.92 Å². The molecule has 0 unspecified atom stereocenters. The predicted molar refractivity (Wildman–Crippen MR) is 61.4 cm³/mol. The minimum atomic E-state index is 0.846. The number of aryl methyl sites for hydroxylation is 1. The van der Waals surface area contributed by atoms with Gasteiger partial charge in [-0.1, -0.05) is 18.2 Å². The molecule has 1 aromatic carbocycles. The fourth-order valence-electron chi connectivity index (χ4n) is 1.73. The van der Waals surface area contributed by atoms with Crippen LogP contribution >= 0.6 is 0 Å². The van der Waals surface area contributed by atoms with Crippen molar-refractivity contribution in [1.29, 1.82) is 0 Å². The molecule has 2 heterocycles. The third-order valence-electron chi connectivity index (χ3n) is 2.55. The second kappa shape index (κ2) is 3.41. The highest BCUT2D eigenvalue weighted by molar-refractivity contribution is 5.74. The highest BCUT2D eigenvalue weighted by Gasteiger charge is 2.07. The number of rotatable bonds is 1. The van der Waals surface area contributed by atoms with Crippen LogP contribution in [0.1, 0.15) is 5.69 Å². The van der Waals surface area contributed by atoms with Gasteiger partial charge in [0.05, 0.1) is 5.69 Å². The van der Waals surface area contributed by atoms with E-state index in [1.807, 2.05) is 41.8 Å². The number of fused-ring (bicyclic) bond motifs is 1. The molecule has 0 atom stereocenters. The molecule has 78 valence electrons. The highest BCUT2D eigenvalue weighted by Crippen LogP contribution is 2.16. The minimum absolute atomic E-state index is 0.846. The molecule has 0 N–H and O–H groups in total. The summed E-state index contributed by atoms with van der Waals surface area (Å²) >= 11 is 0. The minimum Gasteiger partial charge on any atom is -0.283 e. The second-order valence-electron chi connectivity index (χ2n) is 3.58. The molecule has 3 rings (SSSR count). The maximum Gasteiger partial charge on any atom is 0.168 e. The van der Waals surface area contributed by atoms with Gasteiger partial charge in [-0.05, 0) is 19.1 Å². The molecule has 0 aliphatic rings. The highest BCUT2D eigenvalue weighted by atomic mass is 15.1. The first-order chi connectivity index (χ1) is 7.86. The lowest BCUT2D eigenvalue weighted by Gasteiger charge is -2.02. The van der Waals surface area contributed by atoms with Crippen LogP contribution in [0.3, 0.4) is 0 Å². The maximum atomic E-state index is 4.33. The van der Waals surface area contributed by atoms with Crippen LogP contribution in [0.4, 0.5) is 0 Å². The van der Waals surface area contributed by atoms with Gasteiger partial charge in [0, 0.05) is 5.69 Å². The van der Waals surface area contributed by atoms with Gasteiger partial charge in [-0.15, -0.1) is 0 Å². The van der Waals surface area contributed by atoms with Gasteiger partial charge in [-0.25, -0.2) is 15.0 Å². The van der Waals surface area contributed by atoms with Gasteiger partial charge < -0.3 is 0 Å². The summed E-state index contributed by atoms with van der Waals surface area (Å²) in [5.74, 6) is 0. The first-order valence-electron chi connectivity index (χ1n) is 5.06. The smallest absolute Gasteiger partial charge is 0.168 e. The number of nitrogens with zero attached hydrogens (tertiary/aromatic N) is 4. The summed E-state index contributed by atoms with van der Waals surface area (Å²) in [7, 11) is 0. The summed E-state index contributed by atoms with van der Waals surface area (Å²) in [4.78, 5) is 12.7. The van der Waals surface area contributed by atoms with Crippen molar-refractivity contribution in [3.05, 3.63) is 48.7 Å². The zero-order valence-electron chi connectivity index (χ0n) is 8.83. The molecule has 0 saturated carbocycles. The molecule has 4 heteroatoms. The lowest BCUT2D eigenvalue weighted by Crippen LogP contribution is -1.94. The summed E-state index contributed by atoms with van der Waals surface area (Å²) in [6.07, 6.45) is 3.35. The maximum absolute atomic E-state index is 4.33. The molecule has 0 saturated heterocycles. The van der Waals surface area contributed by atoms with Crippen molar-refractivity contribution in [3.63, 3.8) is 0 Å². The van der Waals surface area contributed by atoms with Crippen molar-refractivity contribution in [1.82, 2.24) is 19.5 Å². The van der Waals surface area contributed by atoms with Crippen LogP contribution in [-0.4, -0.2) is 19.5 Å². The van der Waals surface area contributed by atoms with E-state index in [0.717, 1.165) is 22.5 Å². The van der Waals surface area contributed by atoms with E-state index in [4.69, 9.17) is 0 Å². The van der Waals surface area contributed by atoms with E-state index in [1.54, 1.807) is 12.7 Å². The van der Waals surface area contributed by atoms with Gasteiger partial charge in [0.2, 0.25) is 0 Å².